The molecule has 1 aliphatic heterocycles. The van der Waals surface area contributed by atoms with Gasteiger partial charge in [-0.15, -0.1) is 0 Å². The van der Waals surface area contributed by atoms with E-state index in [-0.39, 0.29) is 5.91 Å². The highest BCUT2D eigenvalue weighted by molar-refractivity contribution is 5.93. The lowest BCUT2D eigenvalue weighted by atomic mass is 10.2. The zero-order valence-electron chi connectivity index (χ0n) is 15.5. The maximum atomic E-state index is 12.4. The Hall–Kier alpha value is -3.25. The van der Waals surface area contributed by atoms with Crippen LogP contribution in [-0.4, -0.2) is 42.2 Å². The van der Waals surface area contributed by atoms with Gasteiger partial charge in [0.2, 0.25) is 0 Å². The lowest BCUT2D eigenvalue weighted by molar-refractivity contribution is 0.0950. The smallest absolute Gasteiger partial charge is 0.254 e. The van der Waals surface area contributed by atoms with E-state index in [4.69, 9.17) is 4.74 Å². The average Bonchev–Trinajstić information content (AvgIpc) is 2.79. The van der Waals surface area contributed by atoms with Gasteiger partial charge in [-0.2, -0.15) is 0 Å². The summed E-state index contributed by atoms with van der Waals surface area (Å²) in [6.45, 7) is 3.82. The van der Waals surface area contributed by atoms with Crippen molar-refractivity contribution in [2.75, 3.05) is 31.2 Å². The van der Waals surface area contributed by atoms with E-state index >= 15 is 0 Å². The topological polar surface area (TPSA) is 67.4 Å². The van der Waals surface area contributed by atoms with Crippen LogP contribution in [0.4, 0.5) is 5.69 Å². The molecule has 1 fully saturated rings. The Morgan fingerprint density at radius 1 is 0.964 bits per heavy atom. The Labute approximate surface area is 164 Å². The van der Waals surface area contributed by atoms with Crippen LogP contribution in [-0.2, 0) is 11.3 Å². The number of benzene rings is 2. The number of carbonyl (C=O) groups is 1. The molecule has 0 atom stereocenters. The van der Waals surface area contributed by atoms with Crippen molar-refractivity contribution < 1.29 is 9.53 Å². The van der Waals surface area contributed by atoms with E-state index in [0.717, 1.165) is 37.4 Å². The van der Waals surface area contributed by atoms with Crippen LogP contribution in [0.5, 0.6) is 0 Å². The summed E-state index contributed by atoms with van der Waals surface area (Å²) in [5.41, 5.74) is 3.61. The average molecular weight is 374 g/mol. The van der Waals surface area contributed by atoms with Gasteiger partial charge in [0.15, 0.2) is 5.82 Å². The minimum Gasteiger partial charge on any atom is -0.378 e. The molecule has 2 heterocycles. The molecular weight excluding hydrogens is 352 g/mol. The van der Waals surface area contributed by atoms with E-state index in [9.17, 15) is 4.79 Å². The molecule has 6 nitrogen and oxygen atoms in total. The van der Waals surface area contributed by atoms with E-state index in [1.807, 2.05) is 42.5 Å². The lowest BCUT2D eigenvalue weighted by Crippen LogP contribution is -2.36. The first kappa shape index (κ1) is 18.1. The highest BCUT2D eigenvalue weighted by Gasteiger charge is 2.11. The van der Waals surface area contributed by atoms with Crippen LogP contribution in [0.15, 0.2) is 67.0 Å². The number of amides is 1. The van der Waals surface area contributed by atoms with Crippen LogP contribution in [0.2, 0.25) is 0 Å². The number of hydrogen-bond acceptors (Lipinski definition) is 5. The van der Waals surface area contributed by atoms with Crippen molar-refractivity contribution in [2.45, 2.75) is 6.54 Å². The van der Waals surface area contributed by atoms with Crippen LogP contribution in [0.25, 0.3) is 11.4 Å². The fourth-order valence-electron chi connectivity index (χ4n) is 3.11. The molecule has 0 spiro atoms. The molecule has 6 heteroatoms. The Balaban J connectivity index is 1.34. The van der Waals surface area contributed by atoms with E-state index in [2.05, 4.69) is 32.3 Å². The fraction of sp³-hybridized carbons (Fsp3) is 0.227. The second kappa shape index (κ2) is 8.63. The number of anilines is 1. The van der Waals surface area contributed by atoms with Crippen LogP contribution in [0.3, 0.4) is 0 Å². The molecule has 3 aromatic rings. The Morgan fingerprint density at radius 2 is 1.64 bits per heavy atom. The largest absolute Gasteiger partial charge is 0.378 e. The van der Waals surface area contributed by atoms with Crippen LogP contribution < -0.4 is 10.2 Å². The number of carbonyl (C=O) groups excluding carboxylic acids is 1. The number of morpholine rings is 1. The minimum atomic E-state index is -0.183. The molecule has 0 aliphatic carbocycles. The molecule has 0 bridgehead atoms. The van der Waals surface area contributed by atoms with Gasteiger partial charge in [0, 0.05) is 43.3 Å². The summed E-state index contributed by atoms with van der Waals surface area (Å²) in [5, 5.41) is 2.92. The fourth-order valence-corrected chi connectivity index (χ4v) is 3.11. The van der Waals surface area contributed by atoms with Gasteiger partial charge in [0.1, 0.15) is 0 Å². The van der Waals surface area contributed by atoms with Crippen molar-refractivity contribution in [3.8, 4) is 11.4 Å². The predicted molar refractivity (Wildman–Crippen MR) is 108 cm³/mol. The zero-order valence-corrected chi connectivity index (χ0v) is 15.5. The van der Waals surface area contributed by atoms with Crippen LogP contribution in [0.1, 0.15) is 15.9 Å². The molecule has 1 amide bonds. The zero-order chi connectivity index (χ0) is 19.2. The standard InChI is InChI=1S/C22H22N4O2/c27-22(19-15-23-21(24-16-19)18-4-2-1-3-5-18)25-14-17-6-8-20(9-7-17)26-10-12-28-13-11-26/h1-9,15-16H,10-14H2,(H,25,27). The Kier molecular flexibility index (Phi) is 5.58. The van der Waals surface area contributed by atoms with Crippen molar-refractivity contribution in [3.63, 3.8) is 0 Å². The third-order valence-corrected chi connectivity index (χ3v) is 4.71. The summed E-state index contributed by atoms with van der Waals surface area (Å²) in [4.78, 5) is 23.3. The molecule has 28 heavy (non-hydrogen) atoms. The van der Waals surface area contributed by atoms with E-state index in [1.165, 1.54) is 5.69 Å². The van der Waals surface area contributed by atoms with Crippen molar-refractivity contribution in [3.05, 3.63) is 78.1 Å². The van der Waals surface area contributed by atoms with E-state index in [0.29, 0.717) is 17.9 Å². The van der Waals surface area contributed by atoms with Gasteiger partial charge in [-0.25, -0.2) is 9.97 Å². The van der Waals surface area contributed by atoms with E-state index < -0.39 is 0 Å². The highest BCUT2D eigenvalue weighted by Crippen LogP contribution is 2.17. The first-order valence-electron chi connectivity index (χ1n) is 9.37. The lowest BCUT2D eigenvalue weighted by Gasteiger charge is -2.28. The summed E-state index contributed by atoms with van der Waals surface area (Å²) < 4.78 is 5.38. The summed E-state index contributed by atoms with van der Waals surface area (Å²) in [5.74, 6) is 0.424. The molecule has 1 aliphatic rings. The van der Waals surface area contributed by atoms with Crippen molar-refractivity contribution >= 4 is 11.6 Å². The van der Waals surface area contributed by atoms with Gasteiger partial charge in [0.05, 0.1) is 18.8 Å². The Bertz CT molecular complexity index is 906. The van der Waals surface area contributed by atoms with E-state index in [1.54, 1.807) is 12.4 Å². The summed E-state index contributed by atoms with van der Waals surface area (Å²) in [7, 11) is 0. The number of aromatic nitrogens is 2. The molecule has 2 aromatic carbocycles. The maximum Gasteiger partial charge on any atom is 0.254 e. The highest BCUT2D eigenvalue weighted by atomic mass is 16.5. The SMILES string of the molecule is O=C(NCc1ccc(N2CCOCC2)cc1)c1cnc(-c2ccccc2)nc1. The molecule has 0 unspecified atom stereocenters. The minimum absolute atomic E-state index is 0.183. The van der Waals surface area contributed by atoms with Gasteiger partial charge in [-0.05, 0) is 17.7 Å². The van der Waals surface area contributed by atoms with Crippen LogP contribution >= 0.6 is 0 Å². The van der Waals surface area contributed by atoms with Gasteiger partial charge >= 0.3 is 0 Å². The second-order valence-corrected chi connectivity index (χ2v) is 6.61. The Morgan fingerprint density at radius 3 is 2.32 bits per heavy atom. The molecule has 4 rings (SSSR count). The number of nitrogens with zero attached hydrogens (tertiary/aromatic N) is 3. The second-order valence-electron chi connectivity index (χ2n) is 6.61. The van der Waals surface area contributed by atoms with Crippen molar-refractivity contribution in [1.29, 1.82) is 0 Å². The quantitative estimate of drug-likeness (QED) is 0.744. The monoisotopic (exact) mass is 374 g/mol. The van der Waals surface area contributed by atoms with Crippen molar-refractivity contribution in [2.24, 2.45) is 0 Å². The predicted octanol–water partition coefficient (Wildman–Crippen LogP) is 2.91. The molecule has 0 saturated carbocycles. The molecule has 0 radical (unpaired) electrons. The van der Waals surface area contributed by atoms with Crippen molar-refractivity contribution in [1.82, 2.24) is 15.3 Å². The third-order valence-electron chi connectivity index (χ3n) is 4.71. The molecule has 142 valence electrons. The van der Waals surface area contributed by atoms with Crippen LogP contribution in [0, 0.1) is 0 Å². The van der Waals surface area contributed by atoms with Gasteiger partial charge in [0.25, 0.3) is 5.91 Å². The first-order chi connectivity index (χ1) is 13.8. The third kappa shape index (κ3) is 4.35. The summed E-state index contributed by atoms with van der Waals surface area (Å²) in [6.07, 6.45) is 3.12. The first-order valence-corrected chi connectivity index (χ1v) is 9.37. The normalized spacial score (nSPS) is 13.9. The molecular formula is C22H22N4O2. The summed E-state index contributed by atoms with van der Waals surface area (Å²) in [6, 6.07) is 18.0. The molecule has 1 N–H and O–H groups in total. The molecule has 1 saturated heterocycles. The summed E-state index contributed by atoms with van der Waals surface area (Å²) >= 11 is 0. The number of rotatable bonds is 5. The number of hydrogen-bond donors (Lipinski definition) is 1. The van der Waals surface area contributed by atoms with Gasteiger partial charge in [-0.1, -0.05) is 42.5 Å². The molecule has 1 aromatic heterocycles. The number of nitrogens with one attached hydrogen (secondary N) is 1. The maximum absolute atomic E-state index is 12.4. The van der Waals surface area contributed by atoms with Gasteiger partial charge < -0.3 is 15.0 Å². The number of ether oxygens (including phenoxy) is 1. The van der Waals surface area contributed by atoms with Gasteiger partial charge in [-0.3, -0.25) is 4.79 Å².